The van der Waals surface area contributed by atoms with Crippen LogP contribution in [0.15, 0.2) is 40.2 Å². The van der Waals surface area contributed by atoms with E-state index in [4.69, 9.17) is 32.8 Å². The van der Waals surface area contributed by atoms with Gasteiger partial charge in [0.1, 0.15) is 30.8 Å². The third kappa shape index (κ3) is 15.3. The number of carboxylic acid groups (broad SMARTS) is 1. The highest BCUT2D eigenvalue weighted by Crippen LogP contribution is 2.38. The fourth-order valence-electron chi connectivity index (χ4n) is 5.83. The molecule has 23 heteroatoms. The number of sulfone groups is 1. The van der Waals surface area contributed by atoms with Gasteiger partial charge in [0.15, 0.2) is 39.6 Å². The van der Waals surface area contributed by atoms with E-state index < -0.39 is 65.3 Å². The number of aliphatic carboxylic acids is 1. The van der Waals surface area contributed by atoms with Gasteiger partial charge in [0.25, 0.3) is 5.91 Å². The van der Waals surface area contributed by atoms with Gasteiger partial charge in [-0.05, 0) is 47.0 Å². The van der Waals surface area contributed by atoms with Crippen molar-refractivity contribution in [2.45, 2.75) is 51.0 Å². The lowest BCUT2D eigenvalue weighted by Gasteiger charge is -2.28. The SMILES string of the molecule is C#CCN1C(=O)COc2cc(F)c(/N=c3\snc4n3CC(C)(C)C4)cc21.CS(=O)(=O)c1ccc(C(=O)C2C(=O)CCCC2=O)c(Cl)c1.C[S+](C)C.O=C(O)CNCP(=O)([O-])O. The van der Waals surface area contributed by atoms with Gasteiger partial charge in [0.05, 0.1) is 53.7 Å². The highest BCUT2D eigenvalue weighted by atomic mass is 35.5. The number of hydrogen-bond donors (Lipinski definition) is 3. The number of carboxylic acids is 1. The Hall–Kier alpha value is -4.26. The minimum atomic E-state index is -4.35. The molecule has 332 valence electrons. The number of terminal acetylenes is 1. The summed E-state index contributed by atoms with van der Waals surface area (Å²) in [6, 6.07) is 6.40. The molecule has 3 aliphatic rings. The Morgan fingerprint density at radius 1 is 1.20 bits per heavy atom. The Bertz CT molecular complexity index is 2420. The Labute approximate surface area is 364 Å². The number of carbonyl (C=O) groups is 5. The van der Waals surface area contributed by atoms with E-state index in [1.165, 1.54) is 40.7 Å². The van der Waals surface area contributed by atoms with Crippen LogP contribution in [0, 0.1) is 29.5 Å². The van der Waals surface area contributed by atoms with Crippen LogP contribution in [-0.2, 0) is 57.4 Å². The number of anilines is 1. The average Bonchev–Trinajstić information content (AvgIpc) is 3.63. The Kier molecular flexibility index (Phi) is 18.2. The van der Waals surface area contributed by atoms with Crippen molar-refractivity contribution in [3.05, 3.63) is 57.4 Å². The van der Waals surface area contributed by atoms with Crippen molar-refractivity contribution in [3.8, 4) is 18.1 Å². The van der Waals surface area contributed by atoms with Crippen molar-refractivity contribution in [2.24, 2.45) is 16.3 Å². The number of nitrogens with one attached hydrogen (secondary N) is 1. The second-order valence-electron chi connectivity index (χ2n) is 15.0. The molecular formula is C38H46ClFN5O12PS3. The zero-order chi connectivity index (χ0) is 46.0. The predicted molar refractivity (Wildman–Crippen MR) is 228 cm³/mol. The zero-order valence-electron chi connectivity index (χ0n) is 34.1. The number of hydrogen-bond acceptors (Lipinski definition) is 14. The normalized spacial score (nSPS) is 16.9. The van der Waals surface area contributed by atoms with Crippen molar-refractivity contribution >= 4 is 92.1 Å². The zero-order valence-corrected chi connectivity index (χ0v) is 38.2. The van der Waals surface area contributed by atoms with E-state index >= 15 is 0 Å². The quantitative estimate of drug-likeness (QED) is 0.0918. The van der Waals surface area contributed by atoms with Crippen LogP contribution in [0.2, 0.25) is 5.02 Å². The number of ketones is 3. The second kappa shape index (κ2) is 21.7. The smallest absolute Gasteiger partial charge is 0.317 e. The molecule has 2 aromatic carbocycles. The number of fused-ring (bicyclic) bond motifs is 2. The van der Waals surface area contributed by atoms with E-state index in [9.17, 15) is 46.2 Å². The average molecular weight is 946 g/mol. The maximum absolute atomic E-state index is 14.5. The van der Waals surface area contributed by atoms with Crippen molar-refractivity contribution < 1.29 is 61.0 Å². The molecule has 1 aromatic heterocycles. The summed E-state index contributed by atoms with van der Waals surface area (Å²) >= 11 is 7.18. The lowest BCUT2D eigenvalue weighted by Crippen LogP contribution is -2.39. The van der Waals surface area contributed by atoms with E-state index in [0.29, 0.717) is 33.6 Å². The summed E-state index contributed by atoms with van der Waals surface area (Å²) in [4.78, 5) is 82.2. The monoisotopic (exact) mass is 945 g/mol. The van der Waals surface area contributed by atoms with Gasteiger partial charge in [0.2, 0.25) is 4.80 Å². The van der Waals surface area contributed by atoms with E-state index in [-0.39, 0.29) is 58.5 Å². The minimum Gasteiger partial charge on any atom is -0.778 e. The first-order chi connectivity index (χ1) is 28.2. The summed E-state index contributed by atoms with van der Waals surface area (Å²) in [5.74, 6) is -1.02. The lowest BCUT2D eigenvalue weighted by atomic mass is 9.82. The molecule has 1 unspecified atom stereocenters. The molecule has 3 heterocycles. The third-order valence-corrected chi connectivity index (χ3v) is 11.2. The van der Waals surface area contributed by atoms with Crippen LogP contribution in [0.25, 0.3) is 0 Å². The molecule has 1 saturated carbocycles. The Morgan fingerprint density at radius 3 is 2.36 bits per heavy atom. The molecule has 1 aliphatic carbocycles. The van der Waals surface area contributed by atoms with E-state index in [0.717, 1.165) is 31.1 Å². The number of carbonyl (C=O) groups excluding carboxylic acids is 4. The molecule has 2 aliphatic heterocycles. The van der Waals surface area contributed by atoms with Crippen LogP contribution >= 0.6 is 30.7 Å². The molecule has 0 saturated heterocycles. The number of amides is 1. The standard InChI is InChI=1S/C18H17FN4O2S.C14H13ClO5S.C3H8NO5P.C3H9S/c1-4-5-22-13-7-12(11(19)6-14(13)25-9-16(22)24)20-17-23-10-18(2,3)8-15(23)21-26-17;1-21(19,20)8-5-6-9(10(15)7-8)14(18)13-11(16)3-2-4-12(13)17;5-3(6)1-4-2-10(7,8)9;1-4(2)3/h1,6-7H,5,8-10H2,2-3H3;5-7,13H,2-4H2,1H3;4H,1-2H2,(H,5,6)(H2,7,8,9);1-3H3/q;;;+1/p-1/b20-17-;;;. The maximum atomic E-state index is 14.5. The van der Waals surface area contributed by atoms with Gasteiger partial charge < -0.3 is 28.8 Å². The molecule has 17 nitrogen and oxygen atoms in total. The number of rotatable bonds is 9. The van der Waals surface area contributed by atoms with Gasteiger partial charge >= 0.3 is 5.97 Å². The molecule has 1 atom stereocenters. The molecule has 6 rings (SSSR count). The van der Waals surface area contributed by atoms with E-state index in [1.54, 1.807) is 0 Å². The van der Waals surface area contributed by atoms with Crippen LogP contribution in [-0.4, -0.2) is 108 Å². The summed E-state index contributed by atoms with van der Waals surface area (Å²) in [5, 5.41) is 9.90. The van der Waals surface area contributed by atoms with E-state index in [1.807, 2.05) is 9.88 Å². The van der Waals surface area contributed by atoms with Crippen LogP contribution in [0.5, 0.6) is 5.75 Å². The first-order valence-electron chi connectivity index (χ1n) is 18.1. The minimum absolute atomic E-state index is 0.00216. The highest BCUT2D eigenvalue weighted by Gasteiger charge is 2.37. The van der Waals surface area contributed by atoms with E-state index in [2.05, 4.69) is 47.9 Å². The number of Topliss-reactive ketones (excluding diaryl/α,β-unsaturated/α-hetero) is 3. The second-order valence-corrected chi connectivity index (χ2v) is 22.2. The van der Waals surface area contributed by atoms with Gasteiger partial charge in [0, 0.05) is 55.2 Å². The highest BCUT2D eigenvalue weighted by molar-refractivity contribution is 7.94. The Morgan fingerprint density at radius 2 is 1.82 bits per heavy atom. The number of aromatic nitrogens is 2. The van der Waals surface area contributed by atoms with Gasteiger partial charge in [-0.15, -0.1) is 6.42 Å². The molecule has 0 bridgehead atoms. The maximum Gasteiger partial charge on any atom is 0.317 e. The van der Waals surface area contributed by atoms with Crippen LogP contribution in [0.3, 0.4) is 0 Å². The van der Waals surface area contributed by atoms with Gasteiger partial charge in [-0.25, -0.2) is 17.8 Å². The molecule has 61 heavy (non-hydrogen) atoms. The molecule has 1 fully saturated rings. The van der Waals surface area contributed by atoms with Gasteiger partial charge in [-0.3, -0.25) is 34.2 Å². The molecule has 3 aromatic rings. The predicted octanol–water partition coefficient (Wildman–Crippen LogP) is 2.78. The molecular weight excluding hydrogens is 900 g/mol. The van der Waals surface area contributed by atoms with Crippen molar-refractivity contribution in [1.29, 1.82) is 0 Å². The topological polar surface area (TPSA) is 255 Å². The first-order valence-corrected chi connectivity index (χ1v) is 25.3. The number of benzene rings is 2. The van der Waals surface area contributed by atoms with Gasteiger partial charge in [-0.2, -0.15) is 4.37 Å². The molecule has 0 spiro atoms. The lowest BCUT2D eigenvalue weighted by molar-refractivity contribution is -0.193. The third-order valence-electron chi connectivity index (χ3n) is 8.41. The number of nitrogens with zero attached hydrogens (tertiary/aromatic N) is 4. The van der Waals surface area contributed by atoms with Crippen molar-refractivity contribution in [2.75, 3.05) is 55.9 Å². The largest absolute Gasteiger partial charge is 0.778 e. The fraction of sp³-hybridized carbons (Fsp3) is 0.447. The van der Waals surface area contributed by atoms with Gasteiger partial charge in [-0.1, -0.05) is 31.4 Å². The summed E-state index contributed by atoms with van der Waals surface area (Å²) in [5.41, 5.74) is 0.676. The molecule has 3 N–H and O–H groups in total. The van der Waals surface area contributed by atoms with Crippen molar-refractivity contribution in [1.82, 2.24) is 14.3 Å². The van der Waals surface area contributed by atoms with Crippen molar-refractivity contribution in [3.63, 3.8) is 0 Å². The Balaban J connectivity index is 0.000000253. The summed E-state index contributed by atoms with van der Waals surface area (Å²) in [6.45, 7) is 4.57. The number of ether oxygens (including phenoxy) is 1. The number of halogens is 2. The molecule has 1 amide bonds. The first kappa shape index (κ1) is 51.1. The summed E-state index contributed by atoms with van der Waals surface area (Å²) in [6.07, 6.45) is 14.0. The van der Waals surface area contributed by atoms with Crippen LogP contribution in [0.1, 0.15) is 49.3 Å². The fourth-order valence-corrected chi connectivity index (χ4v) is 7.97. The summed E-state index contributed by atoms with van der Waals surface area (Å²) < 4.78 is 59.1. The van der Waals surface area contributed by atoms with Crippen LogP contribution < -0.4 is 24.6 Å². The van der Waals surface area contributed by atoms with Crippen LogP contribution in [0.4, 0.5) is 15.8 Å². The summed E-state index contributed by atoms with van der Waals surface area (Å²) in [7, 11) is -7.15. The molecule has 0 radical (unpaired) electrons.